The van der Waals surface area contributed by atoms with E-state index in [-0.39, 0.29) is 11.3 Å². The summed E-state index contributed by atoms with van der Waals surface area (Å²) >= 11 is 0. The second-order valence-corrected chi connectivity index (χ2v) is 9.37. The average Bonchev–Trinajstić information content (AvgIpc) is 3.36. The second-order valence-electron chi connectivity index (χ2n) is 9.37. The van der Waals surface area contributed by atoms with Crippen molar-refractivity contribution in [2.24, 2.45) is 5.92 Å². The zero-order valence-corrected chi connectivity index (χ0v) is 18.9. The first kappa shape index (κ1) is 20.9. The van der Waals surface area contributed by atoms with Crippen LogP contribution in [0.25, 0.3) is 21.9 Å². The Kier molecular flexibility index (Phi) is 4.57. The van der Waals surface area contributed by atoms with Gasteiger partial charge in [-0.25, -0.2) is 19.2 Å². The van der Waals surface area contributed by atoms with Crippen LogP contribution in [0.5, 0.6) is 5.88 Å². The monoisotopic (exact) mass is 464 g/mol. The summed E-state index contributed by atoms with van der Waals surface area (Å²) in [5.74, 6) is 0.665. The highest BCUT2D eigenvalue weighted by Crippen LogP contribution is 2.52. The van der Waals surface area contributed by atoms with Gasteiger partial charge in [-0.1, -0.05) is 0 Å². The van der Waals surface area contributed by atoms with Gasteiger partial charge < -0.3 is 25.4 Å². The number of amides is 1. The summed E-state index contributed by atoms with van der Waals surface area (Å²) in [6.07, 6.45) is 3.40. The lowest BCUT2D eigenvalue weighted by molar-refractivity contribution is 0.0878. The van der Waals surface area contributed by atoms with Gasteiger partial charge >= 0.3 is 6.09 Å². The highest BCUT2D eigenvalue weighted by molar-refractivity contribution is 5.99. The molecule has 6 rings (SSSR count). The van der Waals surface area contributed by atoms with Crippen LogP contribution < -0.4 is 21.1 Å². The topological polar surface area (TPSA) is 115 Å². The van der Waals surface area contributed by atoms with Crippen LogP contribution in [0.3, 0.4) is 0 Å². The Hall–Kier alpha value is -3.66. The zero-order chi connectivity index (χ0) is 23.6. The molecule has 2 aromatic heterocycles. The molecule has 0 radical (unpaired) electrons. The maximum atomic E-state index is 15.3. The second kappa shape index (κ2) is 7.42. The Morgan fingerprint density at radius 2 is 2.21 bits per heavy atom. The van der Waals surface area contributed by atoms with Gasteiger partial charge in [0.05, 0.1) is 5.69 Å². The predicted octanol–water partition coefficient (Wildman–Crippen LogP) is 3.38. The zero-order valence-electron chi connectivity index (χ0n) is 18.9. The van der Waals surface area contributed by atoms with Gasteiger partial charge in [-0.15, -0.1) is 0 Å². The molecule has 2 fully saturated rings. The van der Waals surface area contributed by atoms with E-state index in [2.05, 4.69) is 25.5 Å². The van der Waals surface area contributed by atoms with Crippen LogP contribution in [0.4, 0.5) is 26.4 Å². The fourth-order valence-electron chi connectivity index (χ4n) is 5.21. The molecule has 176 valence electrons. The van der Waals surface area contributed by atoms with Gasteiger partial charge in [-0.2, -0.15) is 0 Å². The lowest BCUT2D eigenvalue weighted by atomic mass is 9.97. The summed E-state index contributed by atoms with van der Waals surface area (Å²) in [7, 11) is 2.02. The molecule has 0 bridgehead atoms. The van der Waals surface area contributed by atoms with Crippen LogP contribution in [-0.4, -0.2) is 59.9 Å². The minimum absolute atomic E-state index is 0.0100. The summed E-state index contributed by atoms with van der Waals surface area (Å²) in [6.45, 7) is 4.74. The molecule has 3 aromatic rings. The third-order valence-electron chi connectivity index (χ3n) is 7.01. The van der Waals surface area contributed by atoms with Gasteiger partial charge in [0.1, 0.15) is 23.7 Å². The number of anilines is 3. The van der Waals surface area contributed by atoms with Crippen molar-refractivity contribution in [3.05, 3.63) is 35.9 Å². The average molecular weight is 465 g/mol. The van der Waals surface area contributed by atoms with Gasteiger partial charge in [-0.3, -0.25) is 5.32 Å². The van der Waals surface area contributed by atoms with E-state index in [4.69, 9.17) is 15.2 Å². The van der Waals surface area contributed by atoms with Crippen molar-refractivity contribution in [3.63, 3.8) is 0 Å². The Bertz CT molecular complexity index is 1350. The van der Waals surface area contributed by atoms with Crippen LogP contribution in [0.15, 0.2) is 24.5 Å². The fraction of sp³-hybridized carbons (Fsp3) is 0.375. The number of nitrogen functional groups attached to an aromatic ring is 1. The number of likely N-dealkylation sites (N-methyl/N-ethyl adjacent to an activating group) is 1. The number of ether oxygens (including phenoxy) is 2. The smallest absolute Gasteiger partial charge is 0.413 e. The normalized spacial score (nSPS) is 23.0. The molecular weight excluding hydrogens is 439 g/mol. The molecule has 1 aromatic carbocycles. The number of piperidine rings is 1. The molecule has 34 heavy (non-hydrogen) atoms. The van der Waals surface area contributed by atoms with Crippen molar-refractivity contribution in [1.82, 2.24) is 14.9 Å². The van der Waals surface area contributed by atoms with Gasteiger partial charge in [0.2, 0.25) is 5.88 Å². The number of fused-ring (bicyclic) bond motifs is 3. The maximum absolute atomic E-state index is 15.3. The number of halogens is 1. The number of hydrogen-bond acceptors (Lipinski definition) is 8. The number of carbonyl (C=O) groups excluding carboxylic acids is 1. The number of nitrogens with two attached hydrogens (primary N) is 1. The molecule has 1 saturated carbocycles. The van der Waals surface area contributed by atoms with Gasteiger partial charge in [0.25, 0.3) is 0 Å². The number of hydrogen-bond donors (Lipinski definition) is 3. The number of likely N-dealkylation sites (tertiary alicyclic amines) is 1. The Morgan fingerprint density at radius 1 is 1.35 bits per heavy atom. The number of rotatable bonds is 3. The number of benzene rings is 1. The number of aromatic nitrogens is 2. The van der Waals surface area contributed by atoms with E-state index in [9.17, 15) is 4.79 Å². The summed E-state index contributed by atoms with van der Waals surface area (Å²) in [4.78, 5) is 23.3. The van der Waals surface area contributed by atoms with Crippen molar-refractivity contribution in [1.29, 1.82) is 0 Å². The van der Waals surface area contributed by atoms with E-state index in [0.29, 0.717) is 52.7 Å². The first-order valence-corrected chi connectivity index (χ1v) is 11.3. The first-order valence-electron chi connectivity index (χ1n) is 11.3. The third-order valence-corrected chi connectivity index (χ3v) is 7.01. The molecule has 0 spiro atoms. The van der Waals surface area contributed by atoms with Crippen LogP contribution >= 0.6 is 0 Å². The van der Waals surface area contributed by atoms with E-state index in [0.717, 1.165) is 30.8 Å². The Balaban J connectivity index is 1.32. The molecular formula is C24H25FN6O3. The number of carbonyl (C=O) groups is 1. The Morgan fingerprint density at radius 3 is 3.00 bits per heavy atom. The fourth-order valence-corrected chi connectivity index (χ4v) is 5.21. The van der Waals surface area contributed by atoms with Crippen molar-refractivity contribution < 1.29 is 18.7 Å². The molecule has 2 aliphatic heterocycles. The quantitative estimate of drug-likeness (QED) is 0.506. The number of pyridine rings is 2. The number of nitrogens with zero attached hydrogens (tertiary/aromatic N) is 3. The van der Waals surface area contributed by atoms with E-state index in [1.165, 1.54) is 6.20 Å². The van der Waals surface area contributed by atoms with Gasteiger partial charge in [-0.05, 0) is 43.5 Å². The molecule has 4 N–H and O–H groups in total. The molecule has 4 heterocycles. The molecule has 2 atom stereocenters. The predicted molar refractivity (Wildman–Crippen MR) is 127 cm³/mol. The molecule has 1 aliphatic carbocycles. The van der Waals surface area contributed by atoms with Crippen molar-refractivity contribution >= 4 is 34.1 Å². The maximum Gasteiger partial charge on any atom is 0.413 e. The molecule has 2 unspecified atom stereocenters. The third kappa shape index (κ3) is 3.28. The first-order chi connectivity index (χ1) is 16.3. The molecule has 1 saturated heterocycles. The minimum Gasteiger partial charge on any atom is -0.474 e. The molecule has 3 aliphatic rings. The van der Waals surface area contributed by atoms with Gasteiger partial charge in [0, 0.05) is 54.5 Å². The highest BCUT2D eigenvalue weighted by Gasteiger charge is 2.62. The molecule has 1 amide bonds. The van der Waals surface area contributed by atoms with E-state index < -0.39 is 11.9 Å². The van der Waals surface area contributed by atoms with Gasteiger partial charge in [0.15, 0.2) is 5.82 Å². The number of nitrogens with one attached hydrogen (secondary N) is 2. The van der Waals surface area contributed by atoms with Crippen LogP contribution in [0.2, 0.25) is 0 Å². The summed E-state index contributed by atoms with van der Waals surface area (Å²) < 4.78 is 26.6. The highest BCUT2D eigenvalue weighted by atomic mass is 19.1. The van der Waals surface area contributed by atoms with Crippen molar-refractivity contribution in [3.8, 4) is 17.0 Å². The lowest BCUT2D eigenvalue weighted by Crippen LogP contribution is -2.30. The van der Waals surface area contributed by atoms with E-state index in [1.54, 1.807) is 18.3 Å². The SMILES string of the molecule is Cc1c(-c2cc3cc(NC(=O)OC45CC4CN(C)C5)ncc3c(N)c2F)cnc2c1NCCO2. The van der Waals surface area contributed by atoms with Crippen LogP contribution in [-0.2, 0) is 4.74 Å². The summed E-state index contributed by atoms with van der Waals surface area (Å²) in [5, 5.41) is 7.08. The standard InChI is InChI=1S/C24H25FN6O3/c1-12-16(8-29-22-21(12)27-3-4-33-22)15-5-13-6-18(28-9-17(13)20(26)19(15)25)30-23(32)34-24-7-14(24)10-31(2)11-24/h5-6,8-9,14,27H,3-4,7,10-11,26H2,1-2H3,(H,28,30,32). The van der Waals surface area contributed by atoms with E-state index >= 15 is 4.39 Å². The van der Waals surface area contributed by atoms with E-state index in [1.807, 2.05) is 14.0 Å². The minimum atomic E-state index is -0.541. The summed E-state index contributed by atoms with van der Waals surface area (Å²) in [6, 6.07) is 3.36. The van der Waals surface area contributed by atoms with Crippen LogP contribution in [0.1, 0.15) is 12.0 Å². The van der Waals surface area contributed by atoms with Crippen molar-refractivity contribution in [2.45, 2.75) is 18.9 Å². The molecule has 10 heteroatoms. The van der Waals surface area contributed by atoms with Crippen molar-refractivity contribution in [2.75, 3.05) is 49.7 Å². The summed E-state index contributed by atoms with van der Waals surface area (Å²) in [5.41, 5.74) is 8.25. The lowest BCUT2D eigenvalue weighted by Gasteiger charge is -2.22. The largest absolute Gasteiger partial charge is 0.474 e. The van der Waals surface area contributed by atoms with Crippen LogP contribution in [0, 0.1) is 18.7 Å². The molecule has 9 nitrogen and oxygen atoms in total. The Labute approximate surface area is 195 Å².